The third-order valence-electron chi connectivity index (χ3n) is 15.2. The molecular formula is C39H53N5O3. The Kier molecular flexibility index (Phi) is 7.46. The van der Waals surface area contributed by atoms with E-state index in [0.29, 0.717) is 35.2 Å². The van der Waals surface area contributed by atoms with Crippen molar-refractivity contribution in [3.05, 3.63) is 59.9 Å². The second-order valence-electron chi connectivity index (χ2n) is 17.3. The molecule has 2 aromatic rings. The van der Waals surface area contributed by atoms with Gasteiger partial charge in [0.25, 0.3) is 0 Å². The Morgan fingerprint density at radius 3 is 2.36 bits per heavy atom. The molecule has 252 valence electrons. The standard InChI is InChI=1S/C39H53N5O3/c1-24(2)27-14-19-39(41-32(45)22-44-23-40-42-43-44)21-20-37(6)29(33(27)39)12-13-31-36(5)17-15-28(25-8-10-26(11-9-25)34(46)47)35(3,4)30(36)16-18-38(31,37)7/h8-11,15,23,27,29-31,33H,1,12-14,16-22H2,2-7H3,(H,41,45)(H,46,47)/t27-,29+,30-,31+,33+,36-,37+,38+,39-/m0/s1. The maximum atomic E-state index is 13.5. The van der Waals surface area contributed by atoms with E-state index in [0.717, 1.165) is 37.7 Å². The van der Waals surface area contributed by atoms with Crippen LogP contribution in [0.15, 0.2) is 48.8 Å². The van der Waals surface area contributed by atoms with Gasteiger partial charge < -0.3 is 10.4 Å². The minimum atomic E-state index is -0.879. The summed E-state index contributed by atoms with van der Waals surface area (Å²) in [4.78, 5) is 25.0. The predicted molar refractivity (Wildman–Crippen MR) is 182 cm³/mol. The first-order valence-corrected chi connectivity index (χ1v) is 17.9. The van der Waals surface area contributed by atoms with Crippen LogP contribution in [0.4, 0.5) is 0 Å². The van der Waals surface area contributed by atoms with Gasteiger partial charge in [-0.3, -0.25) is 4.79 Å². The maximum Gasteiger partial charge on any atom is 0.335 e. The summed E-state index contributed by atoms with van der Waals surface area (Å²) in [5.74, 6) is 1.64. The zero-order valence-corrected chi connectivity index (χ0v) is 29.2. The zero-order chi connectivity index (χ0) is 33.6. The van der Waals surface area contributed by atoms with Crippen LogP contribution in [-0.4, -0.2) is 42.7 Å². The molecule has 0 aliphatic heterocycles. The first kappa shape index (κ1) is 32.3. The Labute approximate surface area is 279 Å². The number of aromatic carboxylic acids is 1. The van der Waals surface area contributed by atoms with E-state index in [1.54, 1.807) is 12.1 Å². The Balaban J connectivity index is 1.20. The second kappa shape index (κ2) is 10.9. The summed E-state index contributed by atoms with van der Waals surface area (Å²) >= 11 is 0. The van der Waals surface area contributed by atoms with E-state index >= 15 is 0 Å². The molecule has 0 saturated heterocycles. The van der Waals surface area contributed by atoms with Gasteiger partial charge in [0.2, 0.25) is 5.91 Å². The van der Waals surface area contributed by atoms with Gasteiger partial charge in [0, 0.05) is 5.54 Å². The van der Waals surface area contributed by atoms with Gasteiger partial charge in [0.15, 0.2) is 0 Å². The van der Waals surface area contributed by atoms with E-state index in [2.05, 4.69) is 75.0 Å². The molecular weight excluding hydrogens is 586 g/mol. The summed E-state index contributed by atoms with van der Waals surface area (Å²) in [5, 5.41) is 24.5. The van der Waals surface area contributed by atoms with Crippen molar-refractivity contribution in [3.63, 3.8) is 0 Å². The molecule has 9 atom stereocenters. The van der Waals surface area contributed by atoms with Crippen LogP contribution in [0, 0.1) is 51.2 Å². The molecule has 8 heteroatoms. The highest BCUT2D eigenvalue weighted by molar-refractivity contribution is 5.88. The average Bonchev–Trinajstić information content (AvgIpc) is 3.65. The van der Waals surface area contributed by atoms with Crippen molar-refractivity contribution >= 4 is 17.4 Å². The van der Waals surface area contributed by atoms with Gasteiger partial charge >= 0.3 is 5.97 Å². The highest BCUT2D eigenvalue weighted by Gasteiger charge is 2.70. The number of nitrogens with zero attached hydrogens (tertiary/aromatic N) is 4. The van der Waals surface area contributed by atoms with Crippen LogP contribution in [-0.2, 0) is 11.3 Å². The summed E-state index contributed by atoms with van der Waals surface area (Å²) in [7, 11) is 0. The number of carbonyl (C=O) groups is 2. The number of hydrogen-bond donors (Lipinski definition) is 2. The Hall–Kier alpha value is -3.29. The normalized spacial score (nSPS) is 40.2. The Morgan fingerprint density at radius 2 is 1.70 bits per heavy atom. The lowest BCUT2D eigenvalue weighted by atomic mass is 9.33. The van der Waals surface area contributed by atoms with Gasteiger partial charge in [-0.2, -0.15) is 0 Å². The van der Waals surface area contributed by atoms with Gasteiger partial charge in [0.05, 0.1) is 5.56 Å². The van der Waals surface area contributed by atoms with Crippen molar-refractivity contribution in [2.24, 2.45) is 51.2 Å². The van der Waals surface area contributed by atoms with Crippen molar-refractivity contribution in [1.29, 1.82) is 0 Å². The first-order valence-electron chi connectivity index (χ1n) is 17.9. The van der Waals surface area contributed by atoms with E-state index in [1.165, 1.54) is 47.8 Å². The molecule has 0 bridgehead atoms. The topological polar surface area (TPSA) is 110 Å². The lowest BCUT2D eigenvalue weighted by molar-refractivity contribution is -0.219. The molecule has 0 unspecified atom stereocenters. The minimum absolute atomic E-state index is 0.00538. The summed E-state index contributed by atoms with van der Waals surface area (Å²) in [5.41, 5.74) is 4.48. The predicted octanol–water partition coefficient (Wildman–Crippen LogP) is 7.59. The molecule has 5 aliphatic rings. The number of carboxylic acids is 1. The molecule has 2 N–H and O–H groups in total. The molecule has 5 aliphatic carbocycles. The van der Waals surface area contributed by atoms with E-state index in [-0.39, 0.29) is 39.7 Å². The SMILES string of the molecule is C=C(C)[C@@H]1CC[C@]2(NC(=O)Cn3cnnn3)CC[C@]3(C)[C@H](CC[C@@H]4[C@@]5(C)CC=C(c6ccc(C(=O)O)cc6)C(C)(C)[C@@H]5CC[C@]43C)[C@@H]12. The summed E-state index contributed by atoms with van der Waals surface area (Å²) in [6, 6.07) is 7.52. The quantitative estimate of drug-likeness (QED) is 0.315. The molecule has 8 nitrogen and oxygen atoms in total. The van der Waals surface area contributed by atoms with Gasteiger partial charge in [-0.05, 0) is 150 Å². The number of aromatic nitrogens is 4. The molecule has 4 fully saturated rings. The molecule has 7 rings (SSSR count). The maximum absolute atomic E-state index is 13.5. The van der Waals surface area contributed by atoms with Crippen LogP contribution in [0.5, 0.6) is 0 Å². The molecule has 1 amide bonds. The lowest BCUT2D eigenvalue weighted by Gasteiger charge is -2.72. The first-order chi connectivity index (χ1) is 22.2. The second-order valence-corrected chi connectivity index (χ2v) is 17.3. The lowest BCUT2D eigenvalue weighted by Crippen LogP contribution is -2.68. The van der Waals surface area contributed by atoms with Crippen molar-refractivity contribution < 1.29 is 14.7 Å². The van der Waals surface area contributed by atoms with Gasteiger partial charge in [-0.15, -0.1) is 5.10 Å². The van der Waals surface area contributed by atoms with Crippen molar-refractivity contribution in [3.8, 4) is 0 Å². The van der Waals surface area contributed by atoms with E-state index in [9.17, 15) is 14.7 Å². The van der Waals surface area contributed by atoms with E-state index in [1.807, 2.05) is 12.1 Å². The van der Waals surface area contributed by atoms with Crippen molar-refractivity contribution in [2.75, 3.05) is 0 Å². The van der Waals surface area contributed by atoms with Crippen LogP contribution in [0.1, 0.15) is 115 Å². The molecule has 0 spiro atoms. The number of benzene rings is 1. The number of carbonyl (C=O) groups excluding carboxylic acids is 1. The molecule has 1 aromatic heterocycles. The van der Waals surface area contributed by atoms with Crippen LogP contribution in [0.3, 0.4) is 0 Å². The Bertz CT molecular complexity index is 1610. The fourth-order valence-electron chi connectivity index (χ4n) is 13.0. The Morgan fingerprint density at radius 1 is 0.957 bits per heavy atom. The third kappa shape index (κ3) is 4.63. The summed E-state index contributed by atoms with van der Waals surface area (Å²) < 4.78 is 1.51. The largest absolute Gasteiger partial charge is 0.478 e. The molecule has 1 aromatic carbocycles. The van der Waals surface area contributed by atoms with E-state index in [4.69, 9.17) is 0 Å². The number of allylic oxidation sites excluding steroid dienone is 3. The van der Waals surface area contributed by atoms with E-state index < -0.39 is 5.97 Å². The monoisotopic (exact) mass is 639 g/mol. The fraction of sp³-hybridized carbons (Fsp3) is 0.667. The van der Waals surface area contributed by atoms with Crippen LogP contribution >= 0.6 is 0 Å². The highest BCUT2D eigenvalue weighted by Crippen LogP contribution is 2.76. The zero-order valence-electron chi connectivity index (χ0n) is 29.2. The number of tetrazole rings is 1. The number of carboxylic acid groups (broad SMARTS) is 1. The number of hydrogen-bond acceptors (Lipinski definition) is 5. The summed E-state index contributed by atoms with van der Waals surface area (Å²) in [6.45, 7) is 19.6. The van der Waals surface area contributed by atoms with Gasteiger partial charge in [0.1, 0.15) is 12.9 Å². The molecule has 1 heterocycles. The van der Waals surface area contributed by atoms with Crippen molar-refractivity contribution in [1.82, 2.24) is 25.5 Å². The minimum Gasteiger partial charge on any atom is -0.478 e. The van der Waals surface area contributed by atoms with Gasteiger partial charge in [-0.1, -0.05) is 65.0 Å². The number of rotatable bonds is 6. The van der Waals surface area contributed by atoms with Gasteiger partial charge in [-0.25, -0.2) is 9.48 Å². The molecule has 0 radical (unpaired) electrons. The fourth-order valence-corrected chi connectivity index (χ4v) is 13.0. The number of fused-ring (bicyclic) bond motifs is 7. The van der Waals surface area contributed by atoms with Crippen LogP contribution in [0.2, 0.25) is 0 Å². The van der Waals surface area contributed by atoms with Crippen molar-refractivity contribution in [2.45, 2.75) is 111 Å². The van der Waals surface area contributed by atoms with Crippen LogP contribution < -0.4 is 5.32 Å². The summed E-state index contributed by atoms with van der Waals surface area (Å²) in [6.07, 6.45) is 14.2. The average molecular weight is 640 g/mol. The van der Waals surface area contributed by atoms with Crippen LogP contribution in [0.25, 0.3) is 5.57 Å². The number of amides is 1. The molecule has 4 saturated carbocycles. The highest BCUT2D eigenvalue weighted by atomic mass is 16.4. The smallest absolute Gasteiger partial charge is 0.335 e. The third-order valence-corrected chi connectivity index (χ3v) is 15.2. The molecule has 47 heavy (non-hydrogen) atoms. The number of nitrogens with one attached hydrogen (secondary N) is 1.